The number of aryl methyl sites for hydroxylation is 4. The normalized spacial score (nSPS) is 12.1. The summed E-state index contributed by atoms with van der Waals surface area (Å²) in [6.45, 7) is 13.1. The minimum atomic E-state index is -1.42. The lowest BCUT2D eigenvalue weighted by molar-refractivity contribution is 0.356. The molecule has 16 nitrogen and oxygen atoms in total. The average molecular weight is 991 g/mol. The molecule has 8 aromatic rings. The van der Waals surface area contributed by atoms with Gasteiger partial charge in [-0.1, -0.05) is 14.9 Å². The van der Waals surface area contributed by atoms with Crippen molar-refractivity contribution in [2.75, 3.05) is 13.2 Å². The van der Waals surface area contributed by atoms with Crippen molar-refractivity contribution in [3.05, 3.63) is 123 Å². The van der Waals surface area contributed by atoms with Crippen LogP contribution in [0.25, 0.3) is 22.4 Å². The van der Waals surface area contributed by atoms with E-state index in [2.05, 4.69) is 85.8 Å². The predicted octanol–water partition coefficient (Wildman–Crippen LogP) is 6.45. The number of fused-ring (bicyclic) bond motifs is 4. The van der Waals surface area contributed by atoms with E-state index in [9.17, 15) is 8.78 Å². The number of aromatic nitrogens is 12. The molecule has 0 amide bonds. The molecular formula is C46H56B3BrF2N12O4. The molecule has 2 N–H and O–H groups in total. The van der Waals surface area contributed by atoms with Crippen LogP contribution in [0.1, 0.15) is 99.9 Å². The van der Waals surface area contributed by atoms with Gasteiger partial charge in [0.15, 0.2) is 11.3 Å². The van der Waals surface area contributed by atoms with Crippen LogP contribution < -0.4 is 14.9 Å². The number of hydrogen-bond donors (Lipinski definition) is 2. The molecule has 4 radical (unpaired) electrons. The van der Waals surface area contributed by atoms with Gasteiger partial charge < -0.3 is 19.5 Å². The Morgan fingerprint density at radius 3 is 1.66 bits per heavy atom. The molecule has 2 aliphatic heterocycles. The van der Waals surface area contributed by atoms with E-state index in [0.29, 0.717) is 61.3 Å². The molecule has 6 aromatic heterocycles. The second-order valence-corrected chi connectivity index (χ2v) is 17.0. The third-order valence-electron chi connectivity index (χ3n) is 11.4. The van der Waals surface area contributed by atoms with Crippen LogP contribution in [0.15, 0.2) is 66.2 Å². The van der Waals surface area contributed by atoms with Crippen molar-refractivity contribution < 1.29 is 28.3 Å². The Kier molecular flexibility index (Phi) is 18.2. The van der Waals surface area contributed by atoms with Gasteiger partial charge in [0.05, 0.1) is 29.1 Å². The molecule has 22 heteroatoms. The van der Waals surface area contributed by atoms with Crippen LogP contribution in [0.5, 0.6) is 11.5 Å². The van der Waals surface area contributed by atoms with Gasteiger partial charge in [-0.25, -0.2) is 18.7 Å². The first-order valence-corrected chi connectivity index (χ1v) is 22.3. The summed E-state index contributed by atoms with van der Waals surface area (Å²) in [6.07, 6.45) is 14.3. The number of hydrogen-bond acceptors (Lipinski definition) is 12. The molecule has 2 aliphatic rings. The molecule has 0 aliphatic carbocycles. The van der Waals surface area contributed by atoms with E-state index in [1.54, 1.807) is 48.8 Å². The van der Waals surface area contributed by atoms with Gasteiger partial charge in [0.25, 0.3) is 0 Å². The highest BCUT2D eigenvalue weighted by Gasteiger charge is 2.23. The van der Waals surface area contributed by atoms with Gasteiger partial charge in [-0.2, -0.15) is 10.2 Å². The Balaban J connectivity index is 0.000000200. The summed E-state index contributed by atoms with van der Waals surface area (Å²) in [5.41, 5.74) is 8.78. The van der Waals surface area contributed by atoms with E-state index in [4.69, 9.17) is 19.5 Å². The molecular weight excluding hydrogens is 935 g/mol. The van der Waals surface area contributed by atoms with Crippen molar-refractivity contribution >= 4 is 55.3 Å². The summed E-state index contributed by atoms with van der Waals surface area (Å²) in [7, 11) is 6.58. The van der Waals surface area contributed by atoms with Crippen molar-refractivity contribution in [3.8, 4) is 22.6 Å². The topological polar surface area (TPSA) is 181 Å². The lowest BCUT2D eigenvalue weighted by Gasteiger charge is -2.10. The van der Waals surface area contributed by atoms with Crippen LogP contribution in [0, 0.1) is 25.5 Å². The molecule has 68 heavy (non-hydrogen) atoms. The summed E-state index contributed by atoms with van der Waals surface area (Å²) < 4.78 is 47.9. The van der Waals surface area contributed by atoms with E-state index >= 15 is 0 Å². The minimum Gasteiger partial charge on any atom is -0.493 e. The summed E-state index contributed by atoms with van der Waals surface area (Å²) in [4.78, 5) is 9.08. The summed E-state index contributed by atoms with van der Waals surface area (Å²) in [6, 6.07) is 6.90. The SMILES string of the molecule is C.C.Cc1nn(C(C)C)cc1-c1cnc(CCc2c(F)ccc3c2CCO3)n2cnnc12.Cc1nn(C(C)C)cc1B(O)O.Fc1ccc2c(c1CCc1ncc(Br)c3nncn13)CCO2.[B][B]. The molecule has 10 rings (SSSR count). The fraction of sp³-hybridized carbons (Fsp3) is 0.391. The van der Waals surface area contributed by atoms with Gasteiger partial charge in [-0.3, -0.25) is 18.2 Å². The molecule has 0 saturated carbocycles. The van der Waals surface area contributed by atoms with E-state index < -0.39 is 7.12 Å². The molecule has 0 fully saturated rings. The molecule has 0 saturated heterocycles. The third kappa shape index (κ3) is 11.3. The molecule has 8 heterocycles. The summed E-state index contributed by atoms with van der Waals surface area (Å²) in [5, 5.41) is 42.9. The van der Waals surface area contributed by atoms with Crippen LogP contribution >= 0.6 is 15.9 Å². The fourth-order valence-corrected chi connectivity index (χ4v) is 8.31. The Labute approximate surface area is 406 Å². The second kappa shape index (κ2) is 23.3. The zero-order chi connectivity index (χ0) is 47.2. The average Bonchev–Trinajstić information content (AvgIpc) is 4.16. The van der Waals surface area contributed by atoms with E-state index in [1.807, 2.05) is 46.6 Å². The van der Waals surface area contributed by atoms with Gasteiger partial charge in [0.1, 0.15) is 47.4 Å². The zero-order valence-corrected chi connectivity index (χ0v) is 39.1. The zero-order valence-electron chi connectivity index (χ0n) is 37.5. The summed E-state index contributed by atoms with van der Waals surface area (Å²) in [5.74, 6) is 2.83. The maximum absolute atomic E-state index is 14.5. The smallest absolute Gasteiger partial charge is 0.491 e. The first-order valence-electron chi connectivity index (χ1n) is 21.5. The molecule has 0 bridgehead atoms. The molecule has 354 valence electrons. The molecule has 2 aromatic carbocycles. The van der Waals surface area contributed by atoms with Gasteiger partial charge in [-0.05, 0) is 106 Å². The second-order valence-electron chi connectivity index (χ2n) is 16.2. The number of rotatable bonds is 10. The number of nitrogens with zero attached hydrogens (tertiary/aromatic N) is 12. The quantitative estimate of drug-likeness (QED) is 0.143. The first kappa shape index (κ1) is 53.0. The summed E-state index contributed by atoms with van der Waals surface area (Å²) >= 11 is 3.40. The standard InChI is InChI=1S/C22H23FN6O.C15H12BrFN4O.C7H13BN2O2.2CH4.B2/c1-13(2)29-11-18(14(3)27-29)17-10-24-21(28-12-25-26-22(17)28)7-4-15-16-8-9-30-20(16)6-5-19(15)23;16-11-7-18-14(21-8-19-20-15(11)21)4-1-9-10-5-6-22-13(10)3-2-12(9)17;1-5(2)10-4-7(8(11)12)6(3)9-10;;;1-2/h5-6,10-13H,4,7-9H2,1-3H3;2-3,7-8H,1,4-6H2;4-5,11-12H,1-3H3;2*1H4;. The van der Waals surface area contributed by atoms with Crippen molar-refractivity contribution in [1.29, 1.82) is 0 Å². The largest absolute Gasteiger partial charge is 0.493 e. The maximum Gasteiger partial charge on any atom is 0.491 e. The lowest BCUT2D eigenvalue weighted by Crippen LogP contribution is -2.30. The Hall–Kier alpha value is -5.99. The van der Waals surface area contributed by atoms with Crippen LogP contribution in [0.2, 0.25) is 0 Å². The van der Waals surface area contributed by atoms with E-state index in [0.717, 1.165) is 79.6 Å². The van der Waals surface area contributed by atoms with Crippen LogP contribution in [0.4, 0.5) is 8.78 Å². The highest BCUT2D eigenvalue weighted by Crippen LogP contribution is 2.33. The van der Waals surface area contributed by atoms with Crippen LogP contribution in [0.3, 0.4) is 0 Å². The highest BCUT2D eigenvalue weighted by molar-refractivity contribution is 9.10. The minimum absolute atomic E-state index is 0. The third-order valence-corrected chi connectivity index (χ3v) is 11.9. The predicted molar refractivity (Wildman–Crippen MR) is 264 cm³/mol. The van der Waals surface area contributed by atoms with Crippen molar-refractivity contribution in [2.24, 2.45) is 0 Å². The number of ether oxygens (including phenoxy) is 2. The first-order chi connectivity index (χ1) is 31.8. The van der Waals surface area contributed by atoms with Crippen molar-refractivity contribution in [3.63, 3.8) is 0 Å². The van der Waals surface area contributed by atoms with E-state index in [1.165, 1.54) is 12.1 Å². The van der Waals surface area contributed by atoms with Crippen LogP contribution in [-0.4, -0.2) is 105 Å². The monoisotopic (exact) mass is 990 g/mol. The van der Waals surface area contributed by atoms with Crippen molar-refractivity contribution in [2.45, 2.75) is 107 Å². The molecule has 0 unspecified atom stereocenters. The maximum atomic E-state index is 14.5. The molecule has 0 spiro atoms. The number of benzene rings is 2. The molecule has 0 atom stereocenters. The van der Waals surface area contributed by atoms with Crippen molar-refractivity contribution in [1.82, 2.24) is 58.7 Å². The van der Waals surface area contributed by atoms with Gasteiger partial charge >= 0.3 is 7.12 Å². The van der Waals surface area contributed by atoms with Gasteiger partial charge in [0.2, 0.25) is 0 Å². The Morgan fingerprint density at radius 2 is 1.18 bits per heavy atom. The highest BCUT2D eigenvalue weighted by atomic mass is 79.9. The lowest BCUT2D eigenvalue weighted by atomic mass is 9.81. The Morgan fingerprint density at radius 1 is 0.691 bits per heavy atom. The Bertz CT molecular complexity index is 2960. The van der Waals surface area contributed by atoms with Gasteiger partial charge in [-0.15, -0.1) is 20.4 Å². The van der Waals surface area contributed by atoms with Crippen LogP contribution in [-0.2, 0) is 38.5 Å². The van der Waals surface area contributed by atoms with E-state index in [-0.39, 0.29) is 38.6 Å². The fourth-order valence-electron chi connectivity index (χ4n) is 7.93. The number of halogens is 3. The van der Waals surface area contributed by atoms with Gasteiger partial charge in [0, 0.05) is 106 Å².